The van der Waals surface area contributed by atoms with Crippen LogP contribution >= 0.6 is 26.2 Å². The van der Waals surface area contributed by atoms with Crippen LogP contribution in [0.4, 0.5) is 0 Å². The Bertz CT molecular complexity index is 891. The van der Waals surface area contributed by atoms with Crippen LogP contribution in [-0.4, -0.2) is 6.16 Å². The van der Waals surface area contributed by atoms with Gasteiger partial charge in [-0.3, -0.25) is 0 Å². The highest BCUT2D eigenvalue weighted by Crippen LogP contribution is 2.43. The summed E-state index contributed by atoms with van der Waals surface area (Å²) in [6.07, 6.45) is 29.5. The van der Waals surface area contributed by atoms with Crippen molar-refractivity contribution in [3.63, 3.8) is 0 Å². The van der Waals surface area contributed by atoms with Crippen molar-refractivity contribution < 1.29 is 0 Å². The van der Waals surface area contributed by atoms with Crippen LogP contribution in [0, 0.1) is 0 Å². The fraction of sp³-hybridized carbons (Fsp3) is 0.550. The molecule has 0 saturated heterocycles. The third-order valence-electron chi connectivity index (χ3n) is 9.06. The fourth-order valence-corrected chi connectivity index (χ4v) is 6.93. The highest BCUT2D eigenvalue weighted by molar-refractivity contribution is 8.93. The maximum absolute atomic E-state index is 2.85. The Morgan fingerprint density at radius 2 is 0.571 bits per heavy atom. The van der Waals surface area contributed by atoms with Gasteiger partial charge in [-0.2, -0.15) is 0 Å². The first-order valence-electron chi connectivity index (χ1n) is 17.2. The van der Waals surface area contributed by atoms with Crippen LogP contribution in [0.3, 0.4) is 0 Å². The highest BCUT2D eigenvalue weighted by atomic mass is 79.9. The van der Waals surface area contributed by atoms with Gasteiger partial charge in [0.2, 0.25) is 0 Å². The molecule has 0 radical (unpaired) electrons. The summed E-state index contributed by atoms with van der Waals surface area (Å²) in [4.78, 5) is 0. The Morgan fingerprint density at radius 3 is 0.833 bits per heavy atom. The summed E-state index contributed by atoms with van der Waals surface area (Å²) in [7, 11) is 2.85. The Kier molecular flexibility index (Phi) is 21.0. The van der Waals surface area contributed by atoms with E-state index in [0.717, 1.165) is 6.42 Å². The first-order chi connectivity index (χ1) is 20.4. The molecule has 0 aliphatic heterocycles. The van der Waals surface area contributed by atoms with Gasteiger partial charge in [0.1, 0.15) is 0 Å². The second-order valence-electron chi connectivity index (χ2n) is 12.3. The molecule has 0 spiro atoms. The van der Waals surface area contributed by atoms with Gasteiger partial charge < -0.3 is 0 Å². The smallest absolute Gasteiger partial charge is 0.0451 e. The van der Waals surface area contributed by atoms with Crippen molar-refractivity contribution >= 4 is 26.2 Å². The normalized spacial score (nSPS) is 11.4. The summed E-state index contributed by atoms with van der Waals surface area (Å²) in [5, 5.41) is 0. The lowest BCUT2D eigenvalue weighted by Gasteiger charge is -2.36. The fourth-order valence-electron chi connectivity index (χ4n) is 6.64. The molecule has 0 bridgehead atoms. The number of unbranched alkanes of at least 4 members (excludes halogenated alkanes) is 18. The average molecular weight is 652 g/mol. The van der Waals surface area contributed by atoms with Crippen LogP contribution in [0.5, 0.6) is 0 Å². The third kappa shape index (κ3) is 13.5. The van der Waals surface area contributed by atoms with Crippen molar-refractivity contribution in [2.24, 2.45) is 0 Å². The molecule has 0 aliphatic rings. The van der Waals surface area contributed by atoms with E-state index in [1.165, 1.54) is 145 Å². The van der Waals surface area contributed by atoms with Crippen molar-refractivity contribution in [1.82, 2.24) is 0 Å². The molecule has 0 nitrogen and oxygen atoms in total. The number of rotatable bonds is 24. The van der Waals surface area contributed by atoms with Gasteiger partial charge in [0, 0.05) is 5.41 Å². The Labute approximate surface area is 272 Å². The summed E-state index contributed by atoms with van der Waals surface area (Å²) >= 11 is 0. The lowest BCUT2D eigenvalue weighted by atomic mass is 9.66. The molecule has 1 atom stereocenters. The zero-order valence-electron chi connectivity index (χ0n) is 26.5. The van der Waals surface area contributed by atoms with Gasteiger partial charge >= 0.3 is 0 Å². The third-order valence-corrected chi connectivity index (χ3v) is 9.46. The lowest BCUT2D eigenvalue weighted by molar-refractivity contribution is 0.490. The summed E-state index contributed by atoms with van der Waals surface area (Å²) in [5.74, 6) is 0. The topological polar surface area (TPSA) is 0 Å². The number of hydrogen-bond donors (Lipinski definition) is 0. The summed E-state index contributed by atoms with van der Waals surface area (Å²) < 4.78 is 0. The van der Waals surface area contributed by atoms with E-state index < -0.39 is 0 Å². The summed E-state index contributed by atoms with van der Waals surface area (Å²) in [6.45, 7) is 0. The van der Waals surface area contributed by atoms with Gasteiger partial charge in [-0.25, -0.2) is 0 Å². The standard InChI is InChI=1S/C40H59P.BrH/c41-36-28-17-15-13-11-9-7-5-3-1-2-4-6-8-10-12-14-16-27-35-40(37-29-21-18-22-30-37,38-31-23-19-24-32-38)39-33-25-20-26-34-39;/h18-26,29-34H,1-17,27-28,35-36,41H2;1H. The minimum Gasteiger partial charge on any atom is -0.138 e. The van der Waals surface area contributed by atoms with E-state index in [2.05, 4.69) is 100 Å². The van der Waals surface area contributed by atoms with Crippen LogP contribution < -0.4 is 0 Å². The van der Waals surface area contributed by atoms with Crippen LogP contribution in [0.25, 0.3) is 0 Å². The largest absolute Gasteiger partial charge is 0.138 e. The maximum atomic E-state index is 2.85. The molecule has 2 heteroatoms. The molecule has 0 amide bonds. The first-order valence-corrected chi connectivity index (χ1v) is 18.1. The molecule has 1 unspecified atom stereocenters. The zero-order chi connectivity index (χ0) is 28.7. The van der Waals surface area contributed by atoms with E-state index in [9.17, 15) is 0 Å². The lowest BCUT2D eigenvalue weighted by Crippen LogP contribution is -2.29. The molecule has 0 aliphatic carbocycles. The molecule has 0 fully saturated rings. The quantitative estimate of drug-likeness (QED) is 0.0514. The Hall–Kier alpha value is -1.43. The van der Waals surface area contributed by atoms with Gasteiger partial charge in [0.25, 0.3) is 0 Å². The molecule has 0 aromatic heterocycles. The number of halogens is 1. The molecule has 0 N–H and O–H groups in total. The highest BCUT2D eigenvalue weighted by Gasteiger charge is 2.35. The second-order valence-corrected chi connectivity index (χ2v) is 12.8. The van der Waals surface area contributed by atoms with E-state index in [1.807, 2.05) is 0 Å². The van der Waals surface area contributed by atoms with Gasteiger partial charge in [-0.05, 0) is 35.7 Å². The van der Waals surface area contributed by atoms with Crippen LogP contribution in [0.2, 0.25) is 0 Å². The minimum atomic E-state index is -0.0859. The van der Waals surface area contributed by atoms with Crippen LogP contribution in [0.1, 0.15) is 145 Å². The molecular weight excluding hydrogens is 591 g/mol. The Balaban J connectivity index is 0.00000616. The monoisotopic (exact) mass is 650 g/mol. The molecule has 0 saturated carbocycles. The molecule has 3 aromatic carbocycles. The van der Waals surface area contributed by atoms with Crippen molar-refractivity contribution in [1.29, 1.82) is 0 Å². The Morgan fingerprint density at radius 1 is 0.333 bits per heavy atom. The van der Waals surface area contributed by atoms with Gasteiger partial charge in [0.05, 0.1) is 0 Å². The predicted molar refractivity (Wildman–Crippen MR) is 196 cm³/mol. The van der Waals surface area contributed by atoms with E-state index in [1.54, 1.807) is 0 Å². The van der Waals surface area contributed by atoms with Crippen molar-refractivity contribution in [2.45, 2.75) is 134 Å². The van der Waals surface area contributed by atoms with E-state index in [0.29, 0.717) is 0 Å². The van der Waals surface area contributed by atoms with E-state index >= 15 is 0 Å². The summed E-state index contributed by atoms with van der Waals surface area (Å²) in [6, 6.07) is 33.6. The molecule has 3 rings (SSSR count). The number of hydrogen-bond acceptors (Lipinski definition) is 0. The molecule has 3 aromatic rings. The second kappa shape index (κ2) is 24.0. The number of benzene rings is 3. The van der Waals surface area contributed by atoms with Crippen LogP contribution in [0.15, 0.2) is 91.0 Å². The van der Waals surface area contributed by atoms with Gasteiger partial charge in [0.15, 0.2) is 0 Å². The summed E-state index contributed by atoms with van der Waals surface area (Å²) in [5.41, 5.74) is 4.15. The first kappa shape index (κ1) is 36.8. The SMILES string of the molecule is Br.PCCCCCCCCCCCCCCCCCCCCCC(c1ccccc1)(c1ccccc1)c1ccccc1. The van der Waals surface area contributed by atoms with Crippen molar-refractivity contribution in [3.8, 4) is 0 Å². The predicted octanol–water partition coefficient (Wildman–Crippen LogP) is 13.3. The van der Waals surface area contributed by atoms with E-state index in [-0.39, 0.29) is 22.4 Å². The molecule has 232 valence electrons. The maximum Gasteiger partial charge on any atom is 0.0451 e. The van der Waals surface area contributed by atoms with E-state index in [4.69, 9.17) is 0 Å². The zero-order valence-corrected chi connectivity index (χ0v) is 29.4. The molecule has 0 heterocycles. The van der Waals surface area contributed by atoms with Crippen molar-refractivity contribution in [2.75, 3.05) is 6.16 Å². The van der Waals surface area contributed by atoms with Gasteiger partial charge in [-0.15, -0.1) is 26.2 Å². The molecular formula is C40H60BrP. The minimum absolute atomic E-state index is 0. The van der Waals surface area contributed by atoms with Crippen LogP contribution in [-0.2, 0) is 5.41 Å². The average Bonchev–Trinajstić information content (AvgIpc) is 3.03. The van der Waals surface area contributed by atoms with Gasteiger partial charge in [-0.1, -0.05) is 207 Å². The van der Waals surface area contributed by atoms with Crippen molar-refractivity contribution in [3.05, 3.63) is 108 Å². The molecule has 42 heavy (non-hydrogen) atoms.